The van der Waals surface area contributed by atoms with Gasteiger partial charge in [-0.1, -0.05) is 0 Å². The second kappa shape index (κ2) is 4.88. The highest BCUT2D eigenvalue weighted by Gasteiger charge is 2.36. The SMILES string of the molecule is O=C(c1ccn(C(F)F)n1)N1CCOC(C2CC2)C1. The van der Waals surface area contributed by atoms with Crippen molar-refractivity contribution in [2.45, 2.75) is 25.5 Å². The number of amides is 1. The maximum atomic E-state index is 12.4. The lowest BCUT2D eigenvalue weighted by Crippen LogP contribution is -2.46. The third-order valence-electron chi connectivity index (χ3n) is 3.56. The standard InChI is InChI=1S/C12H15F2N3O2/c13-12(14)17-4-3-9(15-17)11(18)16-5-6-19-10(7-16)8-1-2-8/h3-4,8,10,12H,1-2,5-7H2. The van der Waals surface area contributed by atoms with E-state index in [9.17, 15) is 13.6 Å². The lowest BCUT2D eigenvalue weighted by atomic mass is 10.2. The third kappa shape index (κ3) is 2.60. The largest absolute Gasteiger partial charge is 0.374 e. The molecule has 0 spiro atoms. The van der Waals surface area contributed by atoms with E-state index in [0.29, 0.717) is 30.3 Å². The fraction of sp³-hybridized carbons (Fsp3) is 0.667. The fourth-order valence-electron chi connectivity index (χ4n) is 2.34. The predicted molar refractivity (Wildman–Crippen MR) is 61.8 cm³/mol. The second-order valence-electron chi connectivity index (χ2n) is 4.96. The Hall–Kier alpha value is -1.50. The molecule has 1 aliphatic heterocycles. The number of carbonyl (C=O) groups excluding carboxylic acids is 1. The highest BCUT2D eigenvalue weighted by molar-refractivity contribution is 5.92. The number of carbonyl (C=O) groups is 1. The predicted octanol–water partition coefficient (Wildman–Crippen LogP) is 1.53. The molecule has 2 aliphatic rings. The van der Waals surface area contributed by atoms with Crippen molar-refractivity contribution in [2.24, 2.45) is 5.92 Å². The molecule has 1 amide bonds. The Morgan fingerprint density at radius 3 is 2.89 bits per heavy atom. The molecule has 1 aliphatic carbocycles. The molecule has 2 heterocycles. The van der Waals surface area contributed by atoms with Crippen molar-refractivity contribution in [3.05, 3.63) is 18.0 Å². The molecule has 104 valence electrons. The number of morpholine rings is 1. The van der Waals surface area contributed by atoms with Gasteiger partial charge in [0.05, 0.1) is 12.7 Å². The molecule has 5 nitrogen and oxygen atoms in total. The minimum absolute atomic E-state index is 0.0664. The molecule has 19 heavy (non-hydrogen) atoms. The van der Waals surface area contributed by atoms with E-state index in [1.165, 1.54) is 6.07 Å². The normalized spacial score (nSPS) is 23.9. The van der Waals surface area contributed by atoms with E-state index in [1.54, 1.807) is 4.90 Å². The lowest BCUT2D eigenvalue weighted by molar-refractivity contribution is -0.0316. The van der Waals surface area contributed by atoms with Crippen molar-refractivity contribution in [2.75, 3.05) is 19.7 Å². The molecule has 2 fully saturated rings. The first-order valence-corrected chi connectivity index (χ1v) is 6.39. The number of ether oxygens (including phenoxy) is 1. The summed E-state index contributed by atoms with van der Waals surface area (Å²) in [5, 5.41) is 3.61. The summed E-state index contributed by atoms with van der Waals surface area (Å²) in [6.45, 7) is -1.19. The van der Waals surface area contributed by atoms with Gasteiger partial charge in [-0.05, 0) is 24.8 Å². The Labute approximate surface area is 109 Å². The monoisotopic (exact) mass is 271 g/mol. The van der Waals surface area contributed by atoms with E-state index < -0.39 is 6.55 Å². The van der Waals surface area contributed by atoms with E-state index in [4.69, 9.17) is 4.74 Å². The summed E-state index contributed by atoms with van der Waals surface area (Å²) in [4.78, 5) is 13.8. The Morgan fingerprint density at radius 2 is 2.26 bits per heavy atom. The Balaban J connectivity index is 1.68. The van der Waals surface area contributed by atoms with Crippen LogP contribution >= 0.6 is 0 Å². The first kappa shape index (κ1) is 12.5. The van der Waals surface area contributed by atoms with E-state index in [-0.39, 0.29) is 17.7 Å². The van der Waals surface area contributed by atoms with Crippen LogP contribution in [0.25, 0.3) is 0 Å². The van der Waals surface area contributed by atoms with E-state index >= 15 is 0 Å². The van der Waals surface area contributed by atoms with Crippen LogP contribution in [0.4, 0.5) is 8.78 Å². The molecule has 0 N–H and O–H groups in total. The maximum absolute atomic E-state index is 12.4. The molecule has 0 aromatic carbocycles. The molecule has 0 bridgehead atoms. The lowest BCUT2D eigenvalue weighted by Gasteiger charge is -2.32. The van der Waals surface area contributed by atoms with Crippen LogP contribution in [0.1, 0.15) is 29.9 Å². The Morgan fingerprint density at radius 1 is 1.47 bits per heavy atom. The van der Waals surface area contributed by atoms with Gasteiger partial charge < -0.3 is 9.64 Å². The van der Waals surface area contributed by atoms with Crippen LogP contribution in [0.15, 0.2) is 12.3 Å². The highest BCUT2D eigenvalue weighted by atomic mass is 19.3. The van der Waals surface area contributed by atoms with Crippen LogP contribution in [-0.2, 0) is 4.74 Å². The number of hydrogen-bond acceptors (Lipinski definition) is 3. The van der Waals surface area contributed by atoms with Crippen molar-refractivity contribution in [3.63, 3.8) is 0 Å². The molecular weight excluding hydrogens is 256 g/mol. The molecule has 7 heteroatoms. The zero-order valence-electron chi connectivity index (χ0n) is 10.3. The molecule has 1 saturated heterocycles. The van der Waals surface area contributed by atoms with E-state index in [0.717, 1.165) is 19.0 Å². The summed E-state index contributed by atoms with van der Waals surface area (Å²) in [6, 6.07) is 1.33. The summed E-state index contributed by atoms with van der Waals surface area (Å²) in [5.41, 5.74) is 0.0664. The number of nitrogens with zero attached hydrogens (tertiary/aromatic N) is 3. The minimum Gasteiger partial charge on any atom is -0.374 e. The summed E-state index contributed by atoms with van der Waals surface area (Å²) >= 11 is 0. The van der Waals surface area contributed by atoms with Crippen molar-refractivity contribution in [3.8, 4) is 0 Å². The number of halogens is 2. The van der Waals surface area contributed by atoms with Gasteiger partial charge in [-0.25, -0.2) is 4.68 Å². The van der Waals surface area contributed by atoms with E-state index in [2.05, 4.69) is 5.10 Å². The zero-order chi connectivity index (χ0) is 13.4. The average molecular weight is 271 g/mol. The summed E-state index contributed by atoms with van der Waals surface area (Å²) in [5.74, 6) is 0.252. The average Bonchev–Trinajstić information content (AvgIpc) is 3.15. The second-order valence-corrected chi connectivity index (χ2v) is 4.96. The number of alkyl halides is 2. The number of rotatable bonds is 3. The summed E-state index contributed by atoms with van der Waals surface area (Å²) < 4.78 is 30.9. The quantitative estimate of drug-likeness (QED) is 0.837. The van der Waals surface area contributed by atoms with Gasteiger partial charge >= 0.3 is 6.55 Å². The zero-order valence-corrected chi connectivity index (χ0v) is 10.3. The van der Waals surface area contributed by atoms with Gasteiger partial charge in [-0.2, -0.15) is 13.9 Å². The smallest absolute Gasteiger partial charge is 0.333 e. The van der Waals surface area contributed by atoms with Crippen LogP contribution in [-0.4, -0.2) is 46.4 Å². The van der Waals surface area contributed by atoms with Gasteiger partial charge in [-0.15, -0.1) is 0 Å². The molecule has 0 radical (unpaired) electrons. The summed E-state index contributed by atoms with van der Waals surface area (Å²) in [7, 11) is 0. The first-order valence-electron chi connectivity index (χ1n) is 6.39. The molecule has 3 rings (SSSR count). The van der Waals surface area contributed by atoms with E-state index in [1.807, 2.05) is 0 Å². The van der Waals surface area contributed by atoms with Gasteiger partial charge in [0.15, 0.2) is 5.69 Å². The van der Waals surface area contributed by atoms with Gasteiger partial charge in [0, 0.05) is 19.3 Å². The van der Waals surface area contributed by atoms with Crippen LogP contribution in [0.3, 0.4) is 0 Å². The van der Waals surface area contributed by atoms with Crippen LogP contribution in [0.5, 0.6) is 0 Å². The third-order valence-corrected chi connectivity index (χ3v) is 3.56. The topological polar surface area (TPSA) is 47.4 Å². The number of aromatic nitrogens is 2. The van der Waals surface area contributed by atoms with Gasteiger partial charge in [0.2, 0.25) is 0 Å². The van der Waals surface area contributed by atoms with Gasteiger partial charge in [0.1, 0.15) is 0 Å². The van der Waals surface area contributed by atoms with Crippen LogP contribution in [0, 0.1) is 5.92 Å². The fourth-order valence-corrected chi connectivity index (χ4v) is 2.34. The first-order chi connectivity index (χ1) is 9.15. The maximum Gasteiger partial charge on any atom is 0.333 e. The van der Waals surface area contributed by atoms with Crippen molar-refractivity contribution in [1.82, 2.24) is 14.7 Å². The van der Waals surface area contributed by atoms with Gasteiger partial charge in [-0.3, -0.25) is 4.79 Å². The van der Waals surface area contributed by atoms with Crippen molar-refractivity contribution in [1.29, 1.82) is 0 Å². The molecule has 1 aromatic heterocycles. The van der Waals surface area contributed by atoms with Crippen LogP contribution in [0.2, 0.25) is 0 Å². The van der Waals surface area contributed by atoms with Crippen LogP contribution < -0.4 is 0 Å². The molecule has 1 aromatic rings. The summed E-state index contributed by atoms with van der Waals surface area (Å²) in [6.07, 6.45) is 3.51. The van der Waals surface area contributed by atoms with Crippen molar-refractivity contribution >= 4 is 5.91 Å². The molecule has 1 saturated carbocycles. The molecular formula is C12H15F2N3O2. The van der Waals surface area contributed by atoms with Crippen molar-refractivity contribution < 1.29 is 18.3 Å². The van der Waals surface area contributed by atoms with Gasteiger partial charge in [0.25, 0.3) is 5.91 Å². The Bertz CT molecular complexity index is 473. The highest BCUT2D eigenvalue weighted by Crippen LogP contribution is 2.35. The molecule has 1 atom stereocenters. The minimum atomic E-state index is -2.72. The number of hydrogen-bond donors (Lipinski definition) is 0. The Kier molecular flexibility index (Phi) is 3.22. The molecule has 1 unspecified atom stereocenters.